The van der Waals surface area contributed by atoms with Crippen LogP contribution in [0.15, 0.2) is 60.8 Å². The van der Waals surface area contributed by atoms with Gasteiger partial charge in [0.1, 0.15) is 29.5 Å². The van der Waals surface area contributed by atoms with Crippen molar-refractivity contribution in [3.63, 3.8) is 0 Å². The van der Waals surface area contributed by atoms with Gasteiger partial charge in [0.25, 0.3) is 11.8 Å². The van der Waals surface area contributed by atoms with Crippen molar-refractivity contribution in [1.29, 1.82) is 5.26 Å². The van der Waals surface area contributed by atoms with Gasteiger partial charge in [-0.1, -0.05) is 24.3 Å². The molecule has 5 rings (SSSR count). The number of amides is 3. The zero-order valence-electron chi connectivity index (χ0n) is 22.4. The van der Waals surface area contributed by atoms with Crippen molar-refractivity contribution in [2.45, 2.75) is 56.7 Å². The smallest absolute Gasteiger partial charge is 0.252 e. The summed E-state index contributed by atoms with van der Waals surface area (Å²) in [4.78, 5) is 47.5. The molecular weight excluding hydrogens is 554 g/mol. The fraction of sp³-hybridized carbons (Fsp3) is 0.300. The summed E-state index contributed by atoms with van der Waals surface area (Å²) in [7, 11) is 0. The van der Waals surface area contributed by atoms with Gasteiger partial charge in [-0.25, -0.2) is 22.5 Å². The van der Waals surface area contributed by atoms with Gasteiger partial charge in [0, 0.05) is 37.6 Å². The fourth-order valence-corrected chi connectivity index (χ4v) is 5.40. The zero-order valence-corrected chi connectivity index (χ0v) is 22.4. The molecule has 42 heavy (non-hydrogen) atoms. The van der Waals surface area contributed by atoms with Gasteiger partial charge in [-0.05, 0) is 48.7 Å². The van der Waals surface area contributed by atoms with Crippen molar-refractivity contribution in [2.75, 3.05) is 9.80 Å². The molecule has 0 radical (unpaired) electrons. The highest BCUT2D eigenvalue weighted by atomic mass is 19.3. The topological polar surface area (TPSA) is 106 Å². The average Bonchev–Trinajstić information content (AvgIpc) is 3.31. The van der Waals surface area contributed by atoms with Gasteiger partial charge < -0.3 is 5.32 Å². The summed E-state index contributed by atoms with van der Waals surface area (Å²) in [5.74, 6) is -7.11. The first-order valence-corrected chi connectivity index (χ1v) is 13.2. The molecule has 1 aliphatic heterocycles. The average molecular weight is 580 g/mol. The molecule has 1 aliphatic carbocycles. The van der Waals surface area contributed by atoms with E-state index < -0.39 is 66.2 Å². The van der Waals surface area contributed by atoms with E-state index in [0.717, 1.165) is 21.9 Å². The highest BCUT2D eigenvalue weighted by Crippen LogP contribution is 2.39. The van der Waals surface area contributed by atoms with Crippen LogP contribution in [-0.2, 0) is 14.4 Å². The maximum atomic E-state index is 14.6. The Morgan fingerprint density at radius 2 is 1.81 bits per heavy atom. The van der Waals surface area contributed by atoms with Crippen LogP contribution in [0.2, 0.25) is 0 Å². The van der Waals surface area contributed by atoms with E-state index in [0.29, 0.717) is 17.2 Å². The molecule has 3 amide bonds. The number of halogens is 4. The molecule has 8 nitrogen and oxygen atoms in total. The number of benzene rings is 2. The number of carbonyl (C=O) groups excluding carboxylic acids is 3. The predicted octanol–water partition coefficient (Wildman–Crippen LogP) is 4.72. The fourth-order valence-electron chi connectivity index (χ4n) is 5.40. The second-order valence-corrected chi connectivity index (χ2v) is 10.4. The number of alkyl halides is 2. The van der Waals surface area contributed by atoms with Crippen LogP contribution in [0.4, 0.5) is 29.1 Å². The van der Waals surface area contributed by atoms with E-state index >= 15 is 0 Å². The highest BCUT2D eigenvalue weighted by molar-refractivity contribution is 6.10. The third-order valence-corrected chi connectivity index (χ3v) is 7.41. The van der Waals surface area contributed by atoms with Crippen LogP contribution >= 0.6 is 0 Å². The number of rotatable bonds is 7. The number of nitrogens with one attached hydrogen (secondary N) is 1. The van der Waals surface area contributed by atoms with Gasteiger partial charge in [0.15, 0.2) is 0 Å². The van der Waals surface area contributed by atoms with Crippen LogP contribution in [0.3, 0.4) is 0 Å². The summed E-state index contributed by atoms with van der Waals surface area (Å²) in [6.45, 7) is 1.67. The van der Waals surface area contributed by atoms with Gasteiger partial charge in [0.05, 0.1) is 17.3 Å². The van der Waals surface area contributed by atoms with Gasteiger partial charge in [-0.2, -0.15) is 5.26 Å². The summed E-state index contributed by atoms with van der Waals surface area (Å²) in [5.41, 5.74) is 0.718. The SMILES string of the molecule is Cc1ccccc1C(C(=O)NC1CC(F)(F)C1)N(C(=O)C1CCC(=O)N1c1cc(C#N)ccn1)c1cc(F)cc(F)c1. The second-order valence-electron chi connectivity index (χ2n) is 10.4. The van der Waals surface area contributed by atoms with E-state index in [9.17, 15) is 37.2 Å². The number of anilines is 2. The Bertz CT molecular complexity index is 1580. The Morgan fingerprint density at radius 1 is 1.12 bits per heavy atom. The normalized spacial score (nSPS) is 18.6. The molecule has 1 saturated heterocycles. The third-order valence-electron chi connectivity index (χ3n) is 7.41. The molecule has 216 valence electrons. The zero-order chi connectivity index (χ0) is 30.2. The molecule has 2 unspecified atom stereocenters. The molecule has 2 aromatic carbocycles. The Hall–Kier alpha value is -4.79. The Kier molecular flexibility index (Phi) is 7.69. The molecule has 0 spiro atoms. The molecule has 2 atom stereocenters. The molecule has 1 N–H and O–H groups in total. The third kappa shape index (κ3) is 5.68. The number of pyridine rings is 1. The maximum Gasteiger partial charge on any atom is 0.252 e. The lowest BCUT2D eigenvalue weighted by molar-refractivity contribution is -0.133. The number of hydrogen-bond donors (Lipinski definition) is 1. The largest absolute Gasteiger partial charge is 0.351 e. The maximum absolute atomic E-state index is 14.6. The lowest BCUT2D eigenvalue weighted by Crippen LogP contribution is -2.56. The molecule has 2 fully saturated rings. The molecule has 2 heterocycles. The number of nitriles is 1. The van der Waals surface area contributed by atoms with Crippen molar-refractivity contribution >= 4 is 29.2 Å². The van der Waals surface area contributed by atoms with E-state index in [-0.39, 0.29) is 29.9 Å². The number of carbonyl (C=O) groups is 3. The molecule has 1 saturated carbocycles. The molecule has 1 aromatic heterocycles. The number of aromatic nitrogens is 1. The molecule has 12 heteroatoms. The summed E-state index contributed by atoms with van der Waals surface area (Å²) in [6, 6.07) is 9.93. The van der Waals surface area contributed by atoms with E-state index in [1.54, 1.807) is 31.2 Å². The van der Waals surface area contributed by atoms with Gasteiger partial charge >= 0.3 is 0 Å². The van der Waals surface area contributed by atoms with Gasteiger partial charge in [-0.3, -0.25) is 24.2 Å². The van der Waals surface area contributed by atoms with Crippen LogP contribution in [0.25, 0.3) is 0 Å². The second kappa shape index (κ2) is 11.2. The molecule has 3 aromatic rings. The minimum atomic E-state index is -2.94. The van der Waals surface area contributed by atoms with Gasteiger partial charge in [-0.15, -0.1) is 0 Å². The Balaban J connectivity index is 1.63. The summed E-state index contributed by atoms with van der Waals surface area (Å²) >= 11 is 0. The summed E-state index contributed by atoms with van der Waals surface area (Å²) < 4.78 is 56.3. The minimum absolute atomic E-state index is 0.0125. The van der Waals surface area contributed by atoms with Crippen LogP contribution in [-0.4, -0.2) is 40.7 Å². The molecule has 0 bridgehead atoms. The first kappa shape index (κ1) is 28.7. The highest BCUT2D eigenvalue weighted by Gasteiger charge is 2.48. The van der Waals surface area contributed by atoms with E-state index in [1.165, 1.54) is 18.3 Å². The summed E-state index contributed by atoms with van der Waals surface area (Å²) in [6.07, 6.45) is 0.0415. The molecular formula is C30H25F4N5O3. The summed E-state index contributed by atoms with van der Waals surface area (Å²) in [5, 5.41) is 11.9. The monoisotopic (exact) mass is 579 g/mol. The Morgan fingerprint density at radius 3 is 2.45 bits per heavy atom. The minimum Gasteiger partial charge on any atom is -0.351 e. The van der Waals surface area contributed by atoms with Crippen LogP contribution in [0.1, 0.15) is 48.4 Å². The Labute approximate surface area is 238 Å². The van der Waals surface area contributed by atoms with Crippen molar-refractivity contribution in [1.82, 2.24) is 10.3 Å². The van der Waals surface area contributed by atoms with Crippen molar-refractivity contribution < 1.29 is 31.9 Å². The lowest BCUT2D eigenvalue weighted by atomic mass is 9.87. The predicted molar refractivity (Wildman–Crippen MR) is 143 cm³/mol. The number of hydrogen-bond acceptors (Lipinski definition) is 5. The van der Waals surface area contributed by atoms with Gasteiger partial charge in [0.2, 0.25) is 11.8 Å². The van der Waals surface area contributed by atoms with Crippen LogP contribution < -0.4 is 15.1 Å². The first-order valence-electron chi connectivity index (χ1n) is 13.2. The van der Waals surface area contributed by atoms with Crippen molar-refractivity contribution in [3.8, 4) is 6.07 Å². The standard InChI is InChI=1S/C30H25F4N5O3/c1-17-4-2-3-5-23(17)27(28(41)37-21-14-30(33,34)15-21)38(22-12-19(31)11-20(32)13-22)29(42)24-6-7-26(40)39(24)25-10-18(16-35)8-9-36-25/h2-5,8-13,21,24,27H,6-7,14-15H2,1H3,(H,37,41). The first-order chi connectivity index (χ1) is 20.0. The van der Waals surface area contributed by atoms with E-state index in [1.807, 2.05) is 6.07 Å². The van der Waals surface area contributed by atoms with Crippen LogP contribution in [0, 0.1) is 29.9 Å². The lowest BCUT2D eigenvalue weighted by Gasteiger charge is -2.39. The number of nitrogens with zero attached hydrogens (tertiary/aromatic N) is 4. The van der Waals surface area contributed by atoms with E-state index in [4.69, 9.17) is 0 Å². The quantitative estimate of drug-likeness (QED) is 0.408. The van der Waals surface area contributed by atoms with E-state index in [2.05, 4.69) is 10.3 Å². The van der Waals surface area contributed by atoms with Crippen molar-refractivity contribution in [2.24, 2.45) is 0 Å². The van der Waals surface area contributed by atoms with Crippen LogP contribution in [0.5, 0.6) is 0 Å². The molecule has 2 aliphatic rings. The number of aryl methyl sites for hydroxylation is 1. The van der Waals surface area contributed by atoms with Crippen molar-refractivity contribution in [3.05, 3.63) is 89.1 Å².